The summed E-state index contributed by atoms with van der Waals surface area (Å²) >= 11 is 0. The van der Waals surface area contributed by atoms with Gasteiger partial charge in [-0.1, -0.05) is 30.3 Å². The Morgan fingerprint density at radius 3 is 2.26 bits per heavy atom. The number of primary amides is 1. The van der Waals surface area contributed by atoms with E-state index in [0.29, 0.717) is 39.7 Å². The predicted octanol–water partition coefficient (Wildman–Crippen LogP) is 4.78. The van der Waals surface area contributed by atoms with Gasteiger partial charge in [-0.3, -0.25) is 14.4 Å². The van der Waals surface area contributed by atoms with Crippen LogP contribution in [0.1, 0.15) is 49.4 Å². The molecule has 232 valence electrons. The number of rotatable bonds is 8. The third-order valence-corrected chi connectivity index (χ3v) is 8.40. The van der Waals surface area contributed by atoms with Crippen molar-refractivity contribution in [3.63, 3.8) is 0 Å². The molecule has 2 amide bonds. The van der Waals surface area contributed by atoms with E-state index in [0.717, 1.165) is 6.07 Å². The number of nitrogens with two attached hydrogens (primary N) is 1. The normalized spacial score (nSPS) is 19.7. The van der Waals surface area contributed by atoms with Crippen LogP contribution in [0.4, 0.5) is 4.39 Å². The minimum absolute atomic E-state index is 0.0127. The van der Waals surface area contributed by atoms with Gasteiger partial charge in [0.15, 0.2) is 28.8 Å². The van der Waals surface area contributed by atoms with Crippen molar-refractivity contribution in [3.05, 3.63) is 119 Å². The van der Waals surface area contributed by atoms with E-state index in [4.69, 9.17) is 24.7 Å². The van der Waals surface area contributed by atoms with Crippen molar-refractivity contribution in [2.45, 2.75) is 18.0 Å². The zero-order chi connectivity index (χ0) is 32.5. The van der Waals surface area contributed by atoms with E-state index in [1.807, 2.05) is 6.07 Å². The van der Waals surface area contributed by atoms with Crippen LogP contribution in [0.5, 0.6) is 23.0 Å². The fraction of sp³-hybridized carbons (Fsp3) is 0.200. The Hall–Kier alpha value is -5.89. The third-order valence-electron chi connectivity index (χ3n) is 8.40. The van der Waals surface area contributed by atoms with Gasteiger partial charge >= 0.3 is 0 Å². The summed E-state index contributed by atoms with van der Waals surface area (Å²) in [5.41, 5.74) is 7.62. The average Bonchev–Trinajstić information content (AvgIpc) is 3.70. The number of methoxy groups -OCH3 is 2. The minimum atomic E-state index is -1.36. The number of carbonyl (C=O) groups is 3. The number of hydrogen-bond acceptors (Lipinski definition) is 8. The van der Waals surface area contributed by atoms with Gasteiger partial charge in [-0.15, -0.1) is 0 Å². The van der Waals surface area contributed by atoms with Gasteiger partial charge in [0.2, 0.25) is 12.7 Å². The smallest absolute Gasteiger partial charge is 0.255 e. The number of benzene rings is 4. The fourth-order valence-corrected chi connectivity index (χ4v) is 6.37. The number of nitriles is 1. The highest BCUT2D eigenvalue weighted by atomic mass is 19.1. The van der Waals surface area contributed by atoms with Crippen molar-refractivity contribution in [1.29, 1.82) is 5.26 Å². The topological polar surface area (TPSA) is 141 Å². The van der Waals surface area contributed by atoms with Gasteiger partial charge in [-0.2, -0.15) is 5.26 Å². The Labute approximate surface area is 263 Å². The maximum atomic E-state index is 14.7. The number of carbonyl (C=O) groups excluding carboxylic acids is 3. The molecule has 2 aliphatic rings. The summed E-state index contributed by atoms with van der Waals surface area (Å²) in [6, 6.07) is 20.8. The second kappa shape index (κ2) is 12.2. The minimum Gasteiger partial charge on any atom is -0.493 e. The quantitative estimate of drug-likeness (QED) is 0.277. The Morgan fingerprint density at radius 1 is 0.870 bits per heavy atom. The first-order valence-electron chi connectivity index (χ1n) is 14.3. The number of halogens is 1. The number of likely N-dealkylation sites (tertiary alicyclic amines) is 1. The highest BCUT2D eigenvalue weighted by Crippen LogP contribution is 2.53. The van der Waals surface area contributed by atoms with E-state index in [2.05, 4.69) is 0 Å². The number of fused-ring (bicyclic) bond motifs is 1. The van der Waals surface area contributed by atoms with Crippen LogP contribution in [0.15, 0.2) is 84.9 Å². The lowest BCUT2D eigenvalue weighted by atomic mass is 9.76. The first-order valence-corrected chi connectivity index (χ1v) is 14.3. The van der Waals surface area contributed by atoms with Crippen LogP contribution in [-0.2, 0) is 4.79 Å². The number of amides is 2. The molecule has 6 rings (SSSR count). The summed E-state index contributed by atoms with van der Waals surface area (Å²) in [6.07, 6.45) is 0. The number of ether oxygens (including phenoxy) is 4. The van der Waals surface area contributed by atoms with Gasteiger partial charge in [-0.25, -0.2) is 4.39 Å². The van der Waals surface area contributed by atoms with E-state index < -0.39 is 47.3 Å². The van der Waals surface area contributed by atoms with Gasteiger partial charge in [0.05, 0.1) is 37.8 Å². The van der Waals surface area contributed by atoms with Crippen LogP contribution in [0.25, 0.3) is 0 Å². The molecular formula is C35H28FN3O7. The molecule has 4 aromatic rings. The van der Waals surface area contributed by atoms with Crippen molar-refractivity contribution < 1.29 is 37.7 Å². The molecular weight excluding hydrogens is 593 g/mol. The molecule has 11 heteroatoms. The molecule has 0 bridgehead atoms. The lowest BCUT2D eigenvalue weighted by Gasteiger charge is -2.31. The number of nitrogens with zero attached hydrogens (tertiary/aromatic N) is 2. The second-order valence-electron chi connectivity index (χ2n) is 10.8. The molecule has 4 atom stereocenters. The largest absolute Gasteiger partial charge is 0.493 e. The number of Topliss-reactive ketones (excluding diaryl/α,β-unsaturated/α-hetero) is 1. The summed E-state index contributed by atoms with van der Waals surface area (Å²) in [4.78, 5) is 43.9. The highest BCUT2D eigenvalue weighted by Gasteiger charge is 2.57. The lowest BCUT2D eigenvalue weighted by Crippen LogP contribution is -2.46. The van der Waals surface area contributed by atoms with Crippen molar-refractivity contribution >= 4 is 17.6 Å². The Balaban J connectivity index is 1.62. The van der Waals surface area contributed by atoms with Crippen molar-refractivity contribution in [2.75, 3.05) is 21.0 Å². The zero-order valence-electron chi connectivity index (χ0n) is 24.8. The molecule has 0 saturated carbocycles. The van der Waals surface area contributed by atoms with E-state index in [1.165, 1.54) is 61.6 Å². The van der Waals surface area contributed by atoms with Gasteiger partial charge in [0.25, 0.3) is 5.91 Å². The molecule has 0 aliphatic carbocycles. The Morgan fingerprint density at radius 2 is 1.59 bits per heavy atom. The van der Waals surface area contributed by atoms with Gasteiger partial charge in [0.1, 0.15) is 11.9 Å². The molecule has 0 radical (unpaired) electrons. The maximum Gasteiger partial charge on any atom is 0.255 e. The zero-order valence-corrected chi connectivity index (χ0v) is 24.8. The number of ketones is 1. The summed E-state index contributed by atoms with van der Waals surface area (Å²) < 4.78 is 36.5. The fourth-order valence-electron chi connectivity index (χ4n) is 6.37. The molecule has 2 N–H and O–H groups in total. The molecule has 10 nitrogen and oxygen atoms in total. The monoisotopic (exact) mass is 621 g/mol. The summed E-state index contributed by atoms with van der Waals surface area (Å²) in [6.45, 7) is -0.0127. The van der Waals surface area contributed by atoms with Crippen LogP contribution < -0.4 is 24.7 Å². The molecule has 2 heterocycles. The molecule has 0 aromatic heterocycles. The Bertz CT molecular complexity index is 1890. The van der Waals surface area contributed by atoms with E-state index in [-0.39, 0.29) is 17.9 Å². The molecule has 2 aliphatic heterocycles. The van der Waals surface area contributed by atoms with Crippen LogP contribution in [0.2, 0.25) is 0 Å². The predicted molar refractivity (Wildman–Crippen MR) is 162 cm³/mol. The van der Waals surface area contributed by atoms with Crippen molar-refractivity contribution in [3.8, 4) is 29.1 Å². The van der Waals surface area contributed by atoms with Gasteiger partial charge in [-0.05, 0) is 65.7 Å². The molecule has 4 unspecified atom stereocenters. The summed E-state index contributed by atoms with van der Waals surface area (Å²) in [5.74, 6) is -3.10. The third kappa shape index (κ3) is 5.24. The highest BCUT2D eigenvalue weighted by molar-refractivity contribution is 6.04. The lowest BCUT2D eigenvalue weighted by molar-refractivity contribution is -0.122. The van der Waals surface area contributed by atoms with E-state index in [1.54, 1.807) is 36.4 Å². The molecule has 4 aromatic carbocycles. The maximum absolute atomic E-state index is 14.7. The number of hydrogen-bond donors (Lipinski definition) is 1. The van der Waals surface area contributed by atoms with Gasteiger partial charge in [0, 0.05) is 17.0 Å². The Kier molecular flexibility index (Phi) is 8.03. The standard InChI is InChI=1S/C35H28FN3O7/c1-43-25-12-10-21(15-27(25)44-2)29-30(33(40)20-8-6-19(17-37)7-9-20)31(22-11-13-26-28(16-22)46-18-45-26)39(32(29)34(38)41)35(42)23-4-3-5-24(36)14-23/h3-16,29-32H,18H2,1-2H3,(H2,38,41). The van der Waals surface area contributed by atoms with Crippen LogP contribution in [0, 0.1) is 23.1 Å². The SMILES string of the molecule is COc1ccc(C2C(C(=O)c3ccc(C#N)cc3)C(c3ccc4c(c3)OCO4)N(C(=O)c3cccc(F)c3)C2C(N)=O)cc1OC. The van der Waals surface area contributed by atoms with Gasteiger partial charge < -0.3 is 29.6 Å². The van der Waals surface area contributed by atoms with Crippen LogP contribution in [-0.4, -0.2) is 49.6 Å². The molecule has 0 spiro atoms. The first-order chi connectivity index (χ1) is 22.2. The van der Waals surface area contributed by atoms with Crippen LogP contribution in [0.3, 0.4) is 0 Å². The van der Waals surface area contributed by atoms with E-state index in [9.17, 15) is 24.0 Å². The average molecular weight is 622 g/mol. The second-order valence-corrected chi connectivity index (χ2v) is 10.8. The summed E-state index contributed by atoms with van der Waals surface area (Å²) in [5, 5.41) is 9.35. The molecule has 1 fully saturated rings. The molecule has 1 saturated heterocycles. The van der Waals surface area contributed by atoms with Crippen molar-refractivity contribution in [2.24, 2.45) is 11.7 Å². The first kappa shape index (κ1) is 30.1. The van der Waals surface area contributed by atoms with E-state index >= 15 is 0 Å². The molecule has 46 heavy (non-hydrogen) atoms. The van der Waals surface area contributed by atoms with Crippen molar-refractivity contribution in [1.82, 2.24) is 4.90 Å². The summed E-state index contributed by atoms with van der Waals surface area (Å²) in [7, 11) is 2.93. The van der Waals surface area contributed by atoms with Crippen LogP contribution >= 0.6 is 0 Å².